The second-order valence-corrected chi connectivity index (χ2v) is 4.65. The first kappa shape index (κ1) is 14.8. The Morgan fingerprint density at radius 2 is 2.06 bits per heavy atom. The third-order valence-electron chi connectivity index (χ3n) is 3.14. The number of nitrogens with one attached hydrogen (secondary N) is 1. The first-order chi connectivity index (χ1) is 8.01. The van der Waals surface area contributed by atoms with E-state index in [1.54, 1.807) is 0 Å². The standard InChI is InChI=1S/C12H22F3NO/c1-2-11-9-10(5-8-17-11)16-7-4-3-6-12(13,14)15/h10-11,16H,2-9H2,1H3. The highest BCUT2D eigenvalue weighted by Crippen LogP contribution is 2.22. The molecular formula is C12H22F3NO. The van der Waals surface area contributed by atoms with Crippen molar-refractivity contribution >= 4 is 0 Å². The van der Waals surface area contributed by atoms with Crippen LogP contribution in [-0.4, -0.2) is 31.5 Å². The van der Waals surface area contributed by atoms with Crippen LogP contribution in [0.25, 0.3) is 0 Å². The largest absolute Gasteiger partial charge is 0.389 e. The zero-order valence-electron chi connectivity index (χ0n) is 10.4. The summed E-state index contributed by atoms with van der Waals surface area (Å²) < 4.78 is 41.2. The molecule has 1 rings (SSSR count). The molecule has 102 valence electrons. The van der Waals surface area contributed by atoms with Crippen LogP contribution >= 0.6 is 0 Å². The predicted octanol–water partition coefficient (Wildman–Crippen LogP) is 3.27. The van der Waals surface area contributed by atoms with Crippen LogP contribution in [-0.2, 0) is 4.74 Å². The molecule has 0 saturated carbocycles. The lowest BCUT2D eigenvalue weighted by Crippen LogP contribution is -2.39. The molecule has 0 aliphatic carbocycles. The molecule has 5 heteroatoms. The third kappa shape index (κ3) is 6.88. The second kappa shape index (κ2) is 7.21. The van der Waals surface area contributed by atoms with Gasteiger partial charge in [-0.2, -0.15) is 13.2 Å². The molecule has 0 aromatic heterocycles. The fourth-order valence-electron chi connectivity index (χ4n) is 2.11. The van der Waals surface area contributed by atoms with Crippen molar-refractivity contribution in [3.8, 4) is 0 Å². The van der Waals surface area contributed by atoms with Crippen molar-refractivity contribution in [2.45, 2.75) is 63.8 Å². The summed E-state index contributed by atoms with van der Waals surface area (Å²) in [5.41, 5.74) is 0. The molecule has 0 amide bonds. The molecule has 1 aliphatic heterocycles. The van der Waals surface area contributed by atoms with Crippen LogP contribution in [0.5, 0.6) is 0 Å². The van der Waals surface area contributed by atoms with Gasteiger partial charge in [0, 0.05) is 19.1 Å². The number of alkyl halides is 3. The van der Waals surface area contributed by atoms with Crippen molar-refractivity contribution in [1.29, 1.82) is 0 Å². The minimum atomic E-state index is -4.01. The summed E-state index contributed by atoms with van der Waals surface area (Å²) in [6.07, 6.45) is -0.592. The molecule has 2 atom stereocenters. The van der Waals surface area contributed by atoms with Crippen LogP contribution in [0.15, 0.2) is 0 Å². The number of ether oxygens (including phenoxy) is 1. The minimum Gasteiger partial charge on any atom is -0.378 e. The highest BCUT2D eigenvalue weighted by molar-refractivity contribution is 4.76. The summed E-state index contributed by atoms with van der Waals surface area (Å²) >= 11 is 0. The first-order valence-corrected chi connectivity index (χ1v) is 6.43. The Hall–Kier alpha value is -0.290. The summed E-state index contributed by atoms with van der Waals surface area (Å²) in [5.74, 6) is 0. The highest BCUT2D eigenvalue weighted by Gasteiger charge is 2.26. The molecule has 2 nitrogen and oxygen atoms in total. The summed E-state index contributed by atoms with van der Waals surface area (Å²) in [5, 5.41) is 3.32. The Bertz CT molecular complexity index is 208. The van der Waals surface area contributed by atoms with E-state index >= 15 is 0 Å². The quantitative estimate of drug-likeness (QED) is 0.734. The van der Waals surface area contributed by atoms with Crippen molar-refractivity contribution in [2.24, 2.45) is 0 Å². The lowest BCUT2D eigenvalue weighted by molar-refractivity contribution is -0.135. The van der Waals surface area contributed by atoms with Gasteiger partial charge in [-0.1, -0.05) is 6.92 Å². The maximum absolute atomic E-state index is 11.9. The average Bonchev–Trinajstić information content (AvgIpc) is 2.27. The van der Waals surface area contributed by atoms with Gasteiger partial charge in [0.15, 0.2) is 0 Å². The van der Waals surface area contributed by atoms with E-state index < -0.39 is 12.6 Å². The van der Waals surface area contributed by atoms with Crippen molar-refractivity contribution in [3.63, 3.8) is 0 Å². The summed E-state index contributed by atoms with van der Waals surface area (Å²) in [7, 11) is 0. The molecule has 1 fully saturated rings. The van der Waals surface area contributed by atoms with Gasteiger partial charge in [-0.15, -0.1) is 0 Å². The molecule has 0 spiro atoms. The topological polar surface area (TPSA) is 21.3 Å². The fraction of sp³-hybridized carbons (Fsp3) is 1.00. The number of hydrogen-bond donors (Lipinski definition) is 1. The maximum atomic E-state index is 11.9. The summed E-state index contributed by atoms with van der Waals surface area (Å²) in [6.45, 7) is 3.53. The highest BCUT2D eigenvalue weighted by atomic mass is 19.4. The van der Waals surface area contributed by atoms with Gasteiger partial charge in [-0.3, -0.25) is 0 Å². The van der Waals surface area contributed by atoms with Crippen LogP contribution in [0.3, 0.4) is 0 Å². The average molecular weight is 253 g/mol. The van der Waals surface area contributed by atoms with E-state index in [0.29, 0.717) is 25.1 Å². The van der Waals surface area contributed by atoms with Gasteiger partial charge in [0.05, 0.1) is 6.10 Å². The number of halogens is 3. The lowest BCUT2D eigenvalue weighted by atomic mass is 10.0. The monoisotopic (exact) mass is 253 g/mol. The molecule has 1 saturated heterocycles. The molecule has 0 radical (unpaired) electrons. The number of unbranched alkanes of at least 4 members (excludes halogenated alkanes) is 1. The predicted molar refractivity (Wildman–Crippen MR) is 61.0 cm³/mol. The Morgan fingerprint density at radius 1 is 1.29 bits per heavy atom. The molecule has 0 aromatic rings. The smallest absolute Gasteiger partial charge is 0.378 e. The minimum absolute atomic E-state index is 0.219. The SMILES string of the molecule is CCC1CC(NCCCCC(F)(F)F)CCO1. The zero-order valence-corrected chi connectivity index (χ0v) is 10.4. The Labute approximate surface area is 101 Å². The second-order valence-electron chi connectivity index (χ2n) is 4.65. The van der Waals surface area contributed by atoms with Crippen LogP contribution in [0, 0.1) is 0 Å². The van der Waals surface area contributed by atoms with Crippen LogP contribution in [0.2, 0.25) is 0 Å². The van der Waals surface area contributed by atoms with Crippen LogP contribution in [0.1, 0.15) is 45.4 Å². The van der Waals surface area contributed by atoms with Gasteiger partial charge in [0.25, 0.3) is 0 Å². The van der Waals surface area contributed by atoms with E-state index in [1.807, 2.05) is 0 Å². The molecule has 17 heavy (non-hydrogen) atoms. The van der Waals surface area contributed by atoms with Crippen molar-refractivity contribution in [3.05, 3.63) is 0 Å². The van der Waals surface area contributed by atoms with Crippen molar-refractivity contribution in [2.75, 3.05) is 13.2 Å². The lowest BCUT2D eigenvalue weighted by Gasteiger charge is -2.29. The molecule has 0 bridgehead atoms. The Balaban J connectivity index is 2.02. The van der Waals surface area contributed by atoms with Gasteiger partial charge in [0.2, 0.25) is 0 Å². The molecule has 0 aromatic carbocycles. The normalized spacial score (nSPS) is 26.1. The Kier molecular flexibility index (Phi) is 6.27. The fourth-order valence-corrected chi connectivity index (χ4v) is 2.11. The van der Waals surface area contributed by atoms with Gasteiger partial charge >= 0.3 is 6.18 Å². The van der Waals surface area contributed by atoms with Crippen LogP contribution < -0.4 is 5.32 Å². The van der Waals surface area contributed by atoms with E-state index in [9.17, 15) is 13.2 Å². The molecule has 1 heterocycles. The summed E-state index contributed by atoms with van der Waals surface area (Å²) in [6, 6.07) is 0.416. The van der Waals surface area contributed by atoms with E-state index in [1.165, 1.54) is 0 Å². The van der Waals surface area contributed by atoms with E-state index in [2.05, 4.69) is 12.2 Å². The number of rotatable bonds is 6. The maximum Gasteiger partial charge on any atom is 0.389 e. The van der Waals surface area contributed by atoms with E-state index in [0.717, 1.165) is 25.9 Å². The molecular weight excluding hydrogens is 231 g/mol. The van der Waals surface area contributed by atoms with Crippen molar-refractivity contribution < 1.29 is 17.9 Å². The van der Waals surface area contributed by atoms with E-state index in [4.69, 9.17) is 4.74 Å². The van der Waals surface area contributed by atoms with Gasteiger partial charge in [0.1, 0.15) is 0 Å². The van der Waals surface area contributed by atoms with E-state index in [-0.39, 0.29) is 6.42 Å². The first-order valence-electron chi connectivity index (χ1n) is 6.43. The van der Waals surface area contributed by atoms with Gasteiger partial charge in [-0.05, 0) is 38.6 Å². The molecule has 2 unspecified atom stereocenters. The zero-order chi connectivity index (χ0) is 12.7. The van der Waals surface area contributed by atoms with Crippen molar-refractivity contribution in [1.82, 2.24) is 5.32 Å². The molecule has 1 N–H and O–H groups in total. The Morgan fingerprint density at radius 3 is 2.71 bits per heavy atom. The van der Waals surface area contributed by atoms with Gasteiger partial charge < -0.3 is 10.1 Å². The van der Waals surface area contributed by atoms with Gasteiger partial charge in [-0.25, -0.2) is 0 Å². The third-order valence-corrected chi connectivity index (χ3v) is 3.14. The number of hydrogen-bond acceptors (Lipinski definition) is 2. The molecule has 1 aliphatic rings. The summed E-state index contributed by atoms with van der Waals surface area (Å²) in [4.78, 5) is 0. The van der Waals surface area contributed by atoms with Crippen LogP contribution in [0.4, 0.5) is 13.2 Å².